The van der Waals surface area contributed by atoms with Crippen molar-refractivity contribution >= 4 is 11.0 Å². The van der Waals surface area contributed by atoms with E-state index in [9.17, 15) is 4.79 Å². The zero-order valence-corrected chi connectivity index (χ0v) is 17.1. The highest BCUT2D eigenvalue weighted by molar-refractivity contribution is 5.81. The molecule has 4 heteroatoms. The van der Waals surface area contributed by atoms with Gasteiger partial charge in [0.05, 0.1) is 6.61 Å². The van der Waals surface area contributed by atoms with Crippen LogP contribution in [0.5, 0.6) is 5.75 Å². The van der Waals surface area contributed by atoms with Gasteiger partial charge in [0, 0.05) is 31.1 Å². The third-order valence-electron chi connectivity index (χ3n) is 5.00. The molecular weight excluding hydrogens is 374 g/mol. The van der Waals surface area contributed by atoms with E-state index in [1.165, 1.54) is 11.1 Å². The quantitative estimate of drug-likeness (QED) is 0.372. The summed E-state index contributed by atoms with van der Waals surface area (Å²) in [4.78, 5) is 14.5. The number of rotatable bonds is 8. The van der Waals surface area contributed by atoms with E-state index in [2.05, 4.69) is 53.4 Å². The smallest absolute Gasteiger partial charge is 0.336 e. The average molecular weight is 399 g/mol. The van der Waals surface area contributed by atoms with Crippen LogP contribution in [0.3, 0.4) is 0 Å². The maximum atomic E-state index is 12.2. The van der Waals surface area contributed by atoms with Crippen molar-refractivity contribution in [1.29, 1.82) is 0 Å². The van der Waals surface area contributed by atoms with Gasteiger partial charge in [-0.25, -0.2) is 4.79 Å². The Balaban J connectivity index is 1.69. The summed E-state index contributed by atoms with van der Waals surface area (Å²) in [5, 5.41) is 0.909. The van der Waals surface area contributed by atoms with E-state index in [0.29, 0.717) is 18.7 Å². The SMILES string of the molecule is CCOc1ccc2oc(=O)cc(CN(Cc3ccccc3)Cc3ccccc3)c2c1. The van der Waals surface area contributed by atoms with Crippen LogP contribution in [0, 0.1) is 0 Å². The summed E-state index contributed by atoms with van der Waals surface area (Å²) in [5.41, 5.74) is 3.66. The van der Waals surface area contributed by atoms with Gasteiger partial charge < -0.3 is 9.15 Å². The molecule has 4 nitrogen and oxygen atoms in total. The van der Waals surface area contributed by atoms with Gasteiger partial charge in [0.1, 0.15) is 11.3 Å². The highest BCUT2D eigenvalue weighted by Gasteiger charge is 2.13. The molecule has 0 saturated heterocycles. The van der Waals surface area contributed by atoms with Gasteiger partial charge in [0.15, 0.2) is 0 Å². The van der Waals surface area contributed by atoms with Gasteiger partial charge in [-0.2, -0.15) is 0 Å². The predicted octanol–water partition coefficient (Wildman–Crippen LogP) is 5.39. The lowest BCUT2D eigenvalue weighted by Gasteiger charge is -2.23. The van der Waals surface area contributed by atoms with Gasteiger partial charge in [0.2, 0.25) is 0 Å². The molecule has 1 aromatic heterocycles. The van der Waals surface area contributed by atoms with Crippen LogP contribution in [-0.2, 0) is 19.6 Å². The predicted molar refractivity (Wildman–Crippen MR) is 119 cm³/mol. The Kier molecular flexibility index (Phi) is 6.26. The molecule has 0 aliphatic carbocycles. The van der Waals surface area contributed by atoms with Gasteiger partial charge in [-0.05, 0) is 41.8 Å². The van der Waals surface area contributed by atoms with Crippen LogP contribution in [0.15, 0.2) is 94.1 Å². The molecule has 0 N–H and O–H groups in total. The summed E-state index contributed by atoms with van der Waals surface area (Å²) >= 11 is 0. The Hall–Kier alpha value is -3.37. The summed E-state index contributed by atoms with van der Waals surface area (Å²) in [7, 11) is 0. The van der Waals surface area contributed by atoms with E-state index in [-0.39, 0.29) is 5.63 Å². The Morgan fingerprint density at radius 1 is 0.800 bits per heavy atom. The molecule has 152 valence electrons. The van der Waals surface area contributed by atoms with Crippen molar-refractivity contribution in [3.05, 3.63) is 112 Å². The molecule has 0 amide bonds. The first-order valence-electron chi connectivity index (χ1n) is 10.2. The van der Waals surface area contributed by atoms with Crippen molar-refractivity contribution in [1.82, 2.24) is 4.90 Å². The van der Waals surface area contributed by atoms with Crippen LogP contribution in [-0.4, -0.2) is 11.5 Å². The molecule has 0 bridgehead atoms. The van der Waals surface area contributed by atoms with Crippen LogP contribution in [0.1, 0.15) is 23.6 Å². The van der Waals surface area contributed by atoms with Crippen LogP contribution in [0.2, 0.25) is 0 Å². The van der Waals surface area contributed by atoms with E-state index in [1.54, 1.807) is 6.07 Å². The largest absolute Gasteiger partial charge is 0.494 e. The van der Waals surface area contributed by atoms with Gasteiger partial charge in [-0.3, -0.25) is 4.90 Å². The Labute approximate surface area is 176 Å². The number of nitrogens with zero attached hydrogens (tertiary/aromatic N) is 1. The lowest BCUT2D eigenvalue weighted by atomic mass is 10.1. The minimum atomic E-state index is -0.332. The molecule has 0 fully saturated rings. The molecule has 0 atom stereocenters. The molecule has 30 heavy (non-hydrogen) atoms. The lowest BCUT2D eigenvalue weighted by molar-refractivity contribution is 0.248. The zero-order chi connectivity index (χ0) is 20.8. The number of benzene rings is 3. The molecule has 3 aromatic carbocycles. The van der Waals surface area contributed by atoms with Crippen molar-refractivity contribution in [2.45, 2.75) is 26.6 Å². The Morgan fingerprint density at radius 3 is 2.03 bits per heavy atom. The molecular formula is C26H25NO3. The minimum absolute atomic E-state index is 0.332. The molecule has 0 unspecified atom stereocenters. The second-order valence-corrected chi connectivity index (χ2v) is 7.30. The zero-order valence-electron chi connectivity index (χ0n) is 17.1. The van der Waals surface area contributed by atoms with Crippen LogP contribution in [0.4, 0.5) is 0 Å². The second-order valence-electron chi connectivity index (χ2n) is 7.30. The van der Waals surface area contributed by atoms with Crippen molar-refractivity contribution in [3.63, 3.8) is 0 Å². The van der Waals surface area contributed by atoms with Gasteiger partial charge in [-0.1, -0.05) is 60.7 Å². The standard InChI is InChI=1S/C26H25NO3/c1-2-29-23-13-14-25-24(16-23)22(15-26(28)30-25)19-27(17-20-9-5-3-6-10-20)18-21-11-7-4-8-12-21/h3-16H,2,17-19H2,1H3. The first kappa shape index (κ1) is 19.9. The molecule has 1 heterocycles. The average Bonchev–Trinajstić information content (AvgIpc) is 2.76. The Bertz CT molecular complexity index is 1110. The fourth-order valence-electron chi connectivity index (χ4n) is 3.69. The van der Waals surface area contributed by atoms with Crippen molar-refractivity contribution in [2.24, 2.45) is 0 Å². The minimum Gasteiger partial charge on any atom is -0.494 e. The van der Waals surface area contributed by atoms with Crippen molar-refractivity contribution < 1.29 is 9.15 Å². The van der Waals surface area contributed by atoms with Gasteiger partial charge in [0.25, 0.3) is 0 Å². The van der Waals surface area contributed by atoms with E-state index >= 15 is 0 Å². The first-order chi connectivity index (χ1) is 14.7. The summed E-state index contributed by atoms with van der Waals surface area (Å²) < 4.78 is 11.1. The highest BCUT2D eigenvalue weighted by atomic mass is 16.5. The molecule has 0 spiro atoms. The number of hydrogen-bond donors (Lipinski definition) is 0. The highest BCUT2D eigenvalue weighted by Crippen LogP contribution is 2.25. The van der Waals surface area contributed by atoms with Crippen LogP contribution >= 0.6 is 0 Å². The lowest BCUT2D eigenvalue weighted by Crippen LogP contribution is -2.23. The van der Waals surface area contributed by atoms with Crippen LogP contribution in [0.25, 0.3) is 11.0 Å². The molecule has 0 aliphatic rings. The molecule has 0 radical (unpaired) electrons. The number of fused-ring (bicyclic) bond motifs is 1. The van der Waals surface area contributed by atoms with Gasteiger partial charge >= 0.3 is 5.63 Å². The monoisotopic (exact) mass is 399 g/mol. The summed E-state index contributed by atoms with van der Waals surface area (Å²) in [6.07, 6.45) is 0. The van der Waals surface area contributed by atoms with Crippen molar-refractivity contribution in [2.75, 3.05) is 6.61 Å². The topological polar surface area (TPSA) is 42.7 Å². The molecule has 4 aromatic rings. The maximum Gasteiger partial charge on any atom is 0.336 e. The van der Waals surface area contributed by atoms with Crippen molar-refractivity contribution in [3.8, 4) is 5.75 Å². The fraction of sp³-hybridized carbons (Fsp3) is 0.192. The molecule has 0 aliphatic heterocycles. The summed E-state index contributed by atoms with van der Waals surface area (Å²) in [6, 6.07) is 28.0. The Morgan fingerprint density at radius 2 is 1.43 bits per heavy atom. The summed E-state index contributed by atoms with van der Waals surface area (Å²) in [6.45, 7) is 4.73. The van der Waals surface area contributed by atoms with E-state index in [0.717, 1.165) is 29.8 Å². The maximum absolute atomic E-state index is 12.2. The second kappa shape index (κ2) is 9.42. The van der Waals surface area contributed by atoms with Crippen LogP contribution < -0.4 is 10.4 Å². The molecule has 4 rings (SSSR count). The third kappa shape index (κ3) is 4.97. The van der Waals surface area contributed by atoms with Gasteiger partial charge in [-0.15, -0.1) is 0 Å². The fourth-order valence-corrected chi connectivity index (χ4v) is 3.69. The number of hydrogen-bond acceptors (Lipinski definition) is 4. The summed E-state index contributed by atoms with van der Waals surface area (Å²) in [5.74, 6) is 0.776. The molecule has 0 saturated carbocycles. The normalized spacial score (nSPS) is 11.1. The van der Waals surface area contributed by atoms with E-state index in [4.69, 9.17) is 9.15 Å². The third-order valence-corrected chi connectivity index (χ3v) is 5.00. The number of ether oxygens (including phenoxy) is 1. The van der Waals surface area contributed by atoms with E-state index < -0.39 is 0 Å². The van der Waals surface area contributed by atoms with E-state index in [1.807, 2.05) is 37.3 Å². The first-order valence-corrected chi connectivity index (χ1v) is 10.2.